The van der Waals surface area contributed by atoms with Crippen molar-refractivity contribution < 1.29 is 4.39 Å². The van der Waals surface area contributed by atoms with Gasteiger partial charge in [0.05, 0.1) is 5.69 Å². The van der Waals surface area contributed by atoms with Crippen molar-refractivity contribution in [3.63, 3.8) is 0 Å². The molecule has 0 aliphatic carbocycles. The van der Waals surface area contributed by atoms with E-state index >= 15 is 0 Å². The molecule has 0 saturated carbocycles. The van der Waals surface area contributed by atoms with E-state index in [-0.39, 0.29) is 11.7 Å². The first kappa shape index (κ1) is 12.9. The molecule has 2 nitrogen and oxygen atoms in total. The van der Waals surface area contributed by atoms with Crippen LogP contribution >= 0.6 is 12.2 Å². The Morgan fingerprint density at radius 2 is 2.00 bits per heavy atom. The van der Waals surface area contributed by atoms with E-state index in [1.165, 1.54) is 6.07 Å². The molecule has 1 aromatic heterocycles. The van der Waals surface area contributed by atoms with Crippen LogP contribution in [0.5, 0.6) is 0 Å². The summed E-state index contributed by atoms with van der Waals surface area (Å²) in [6.45, 7) is 5.97. The normalized spacial score (nSPS) is 10.9. The summed E-state index contributed by atoms with van der Waals surface area (Å²) in [6, 6.07) is 6.72. The molecule has 0 spiro atoms. The van der Waals surface area contributed by atoms with Gasteiger partial charge in [-0.15, -0.1) is 0 Å². The summed E-state index contributed by atoms with van der Waals surface area (Å²) in [7, 11) is 0. The zero-order chi connectivity index (χ0) is 13.3. The number of hydrogen-bond acceptors (Lipinski definition) is 2. The van der Waals surface area contributed by atoms with E-state index in [4.69, 9.17) is 12.2 Å². The number of benzene rings is 1. The topological polar surface area (TPSA) is 28.7 Å². The van der Waals surface area contributed by atoms with E-state index in [1.54, 1.807) is 18.2 Å². The van der Waals surface area contributed by atoms with E-state index in [1.807, 2.05) is 20.8 Å². The Morgan fingerprint density at radius 3 is 2.67 bits per heavy atom. The van der Waals surface area contributed by atoms with Crippen LogP contribution in [0.15, 0.2) is 24.3 Å². The van der Waals surface area contributed by atoms with Crippen LogP contribution in [0.1, 0.15) is 31.2 Å². The maximum Gasteiger partial charge on any atom is 0.132 e. The van der Waals surface area contributed by atoms with Gasteiger partial charge in [-0.3, -0.25) is 0 Å². The number of aryl methyl sites for hydroxylation is 1. The number of aromatic amines is 1. The lowest BCUT2D eigenvalue weighted by atomic mass is 10.1. The molecule has 2 aromatic rings. The highest BCUT2D eigenvalue weighted by Crippen LogP contribution is 2.23. The minimum absolute atomic E-state index is 0.222. The number of H-pyrrole nitrogens is 1. The molecule has 0 aliphatic heterocycles. The van der Waals surface area contributed by atoms with Crippen LogP contribution in [0, 0.1) is 17.4 Å². The van der Waals surface area contributed by atoms with Crippen molar-refractivity contribution in [2.45, 2.75) is 26.7 Å². The maximum atomic E-state index is 13.8. The molecule has 0 fully saturated rings. The molecule has 0 unspecified atom stereocenters. The van der Waals surface area contributed by atoms with Gasteiger partial charge in [0.1, 0.15) is 16.3 Å². The van der Waals surface area contributed by atoms with Gasteiger partial charge in [0.25, 0.3) is 0 Å². The van der Waals surface area contributed by atoms with Crippen LogP contribution in [0.3, 0.4) is 0 Å². The highest BCUT2D eigenvalue weighted by Gasteiger charge is 2.09. The number of nitrogens with one attached hydrogen (secondary N) is 1. The smallest absolute Gasteiger partial charge is 0.132 e. The fourth-order valence-electron chi connectivity index (χ4n) is 1.74. The third-order valence-electron chi connectivity index (χ3n) is 2.72. The maximum absolute atomic E-state index is 13.8. The minimum atomic E-state index is -0.257. The van der Waals surface area contributed by atoms with Gasteiger partial charge in [0.2, 0.25) is 0 Å². The van der Waals surface area contributed by atoms with Gasteiger partial charge in [-0.1, -0.05) is 37.7 Å². The average Bonchev–Trinajstić information content (AvgIpc) is 2.31. The summed E-state index contributed by atoms with van der Waals surface area (Å²) < 4.78 is 14.3. The van der Waals surface area contributed by atoms with E-state index in [9.17, 15) is 4.39 Å². The molecular weight excluding hydrogens is 247 g/mol. The molecule has 1 aromatic carbocycles. The average molecular weight is 262 g/mol. The summed E-state index contributed by atoms with van der Waals surface area (Å²) in [5.74, 6) is 0.741. The predicted octanol–water partition coefficient (Wildman–Crippen LogP) is 4.38. The van der Waals surface area contributed by atoms with Crippen LogP contribution < -0.4 is 0 Å². The van der Waals surface area contributed by atoms with Crippen molar-refractivity contribution in [3.05, 3.63) is 46.1 Å². The molecule has 1 heterocycles. The van der Waals surface area contributed by atoms with Crippen molar-refractivity contribution in [1.82, 2.24) is 9.97 Å². The molecule has 18 heavy (non-hydrogen) atoms. The molecule has 2 rings (SSSR count). The van der Waals surface area contributed by atoms with Crippen molar-refractivity contribution in [2.24, 2.45) is 0 Å². The summed E-state index contributed by atoms with van der Waals surface area (Å²) in [5, 5.41) is 0. The second-order valence-corrected chi connectivity index (χ2v) is 5.07. The molecule has 0 aliphatic rings. The Hall–Kier alpha value is -1.55. The fourth-order valence-corrected chi connectivity index (χ4v) is 1.96. The Morgan fingerprint density at radius 1 is 1.28 bits per heavy atom. The van der Waals surface area contributed by atoms with Crippen molar-refractivity contribution >= 4 is 12.2 Å². The van der Waals surface area contributed by atoms with Gasteiger partial charge in [-0.05, 0) is 25.1 Å². The van der Waals surface area contributed by atoms with Gasteiger partial charge in [0.15, 0.2) is 0 Å². The SMILES string of the molecule is Cc1ccc(F)c(-c2cc(=S)nc(C(C)C)[nH]2)c1. The first-order valence-corrected chi connectivity index (χ1v) is 6.26. The van der Waals surface area contributed by atoms with Crippen molar-refractivity contribution in [2.75, 3.05) is 0 Å². The van der Waals surface area contributed by atoms with E-state index in [2.05, 4.69) is 9.97 Å². The number of nitrogens with zero attached hydrogens (tertiary/aromatic N) is 1. The number of rotatable bonds is 2. The minimum Gasteiger partial charge on any atom is -0.343 e. The van der Waals surface area contributed by atoms with E-state index in [0.717, 1.165) is 11.4 Å². The van der Waals surface area contributed by atoms with Gasteiger partial charge >= 0.3 is 0 Å². The lowest BCUT2D eigenvalue weighted by molar-refractivity contribution is 0.629. The Bertz CT molecular complexity index is 632. The van der Waals surface area contributed by atoms with Crippen LogP contribution in [0.4, 0.5) is 4.39 Å². The molecule has 0 atom stereocenters. The summed E-state index contributed by atoms with van der Waals surface area (Å²) in [4.78, 5) is 7.40. The number of halogens is 1. The Balaban J connectivity index is 2.63. The molecular formula is C14H15FN2S. The standard InChI is InChI=1S/C14H15FN2S/c1-8(2)14-16-12(7-13(18)17-14)10-6-9(3)4-5-11(10)15/h4-8H,1-3H3,(H,16,17,18). The number of hydrogen-bond donors (Lipinski definition) is 1. The lowest BCUT2D eigenvalue weighted by Gasteiger charge is -2.09. The van der Waals surface area contributed by atoms with Gasteiger partial charge in [-0.2, -0.15) is 0 Å². The largest absolute Gasteiger partial charge is 0.343 e. The van der Waals surface area contributed by atoms with Crippen LogP contribution in [-0.4, -0.2) is 9.97 Å². The number of aromatic nitrogens is 2. The first-order valence-electron chi connectivity index (χ1n) is 5.85. The molecule has 94 valence electrons. The fraction of sp³-hybridized carbons (Fsp3) is 0.286. The first-order chi connectivity index (χ1) is 8.47. The Kier molecular flexibility index (Phi) is 3.57. The molecule has 0 radical (unpaired) electrons. The predicted molar refractivity (Wildman–Crippen MR) is 73.6 cm³/mol. The summed E-state index contributed by atoms with van der Waals surface area (Å²) >= 11 is 5.13. The third-order valence-corrected chi connectivity index (χ3v) is 2.93. The molecule has 0 bridgehead atoms. The molecule has 0 amide bonds. The van der Waals surface area contributed by atoms with Crippen molar-refractivity contribution in [1.29, 1.82) is 0 Å². The zero-order valence-corrected chi connectivity index (χ0v) is 11.4. The van der Waals surface area contributed by atoms with Gasteiger partial charge < -0.3 is 4.98 Å². The highest BCUT2D eigenvalue weighted by atomic mass is 32.1. The van der Waals surface area contributed by atoms with Gasteiger partial charge in [-0.25, -0.2) is 9.37 Å². The monoisotopic (exact) mass is 262 g/mol. The summed E-state index contributed by atoms with van der Waals surface area (Å²) in [5.41, 5.74) is 2.22. The lowest BCUT2D eigenvalue weighted by Crippen LogP contribution is -2.00. The highest BCUT2D eigenvalue weighted by molar-refractivity contribution is 7.71. The van der Waals surface area contributed by atoms with E-state index in [0.29, 0.717) is 15.9 Å². The molecule has 4 heteroatoms. The van der Waals surface area contributed by atoms with Crippen LogP contribution in [0.25, 0.3) is 11.3 Å². The summed E-state index contributed by atoms with van der Waals surface area (Å²) in [6.07, 6.45) is 0. The Labute approximate surface area is 111 Å². The molecule has 1 N–H and O–H groups in total. The quantitative estimate of drug-likeness (QED) is 0.814. The van der Waals surface area contributed by atoms with Crippen LogP contribution in [0.2, 0.25) is 0 Å². The third kappa shape index (κ3) is 2.64. The second kappa shape index (κ2) is 4.98. The second-order valence-electron chi connectivity index (χ2n) is 4.66. The van der Waals surface area contributed by atoms with E-state index < -0.39 is 0 Å². The van der Waals surface area contributed by atoms with Gasteiger partial charge in [0, 0.05) is 11.5 Å². The molecule has 0 saturated heterocycles. The van der Waals surface area contributed by atoms with Crippen molar-refractivity contribution in [3.8, 4) is 11.3 Å². The zero-order valence-electron chi connectivity index (χ0n) is 10.6. The van der Waals surface area contributed by atoms with Crippen LogP contribution in [-0.2, 0) is 0 Å².